The van der Waals surface area contributed by atoms with Gasteiger partial charge in [-0.15, -0.1) is 0 Å². The molecular weight excluding hydrogens is 204 g/mol. The van der Waals surface area contributed by atoms with E-state index in [9.17, 15) is 0 Å². The van der Waals surface area contributed by atoms with Gasteiger partial charge in [-0.25, -0.2) is 15.0 Å². The van der Waals surface area contributed by atoms with Crippen LogP contribution in [0.1, 0.15) is 0 Å². The number of fused-ring (bicyclic) bond motifs is 1. The summed E-state index contributed by atoms with van der Waals surface area (Å²) in [5.74, 6) is 0. The molecule has 2 rings (SSSR count). The zero-order chi connectivity index (χ0) is 6.10. The molecule has 0 spiro atoms. The van der Waals surface area contributed by atoms with Gasteiger partial charge >= 0.3 is 0 Å². The van der Waals surface area contributed by atoms with Gasteiger partial charge in [0.15, 0.2) is 5.65 Å². The third kappa shape index (κ3) is 1.37. The first-order valence-corrected chi connectivity index (χ1v) is 2.56. The zero-order valence-electron chi connectivity index (χ0n) is 5.28. The molecule has 2 aromatic heterocycles. The average molecular weight is 208 g/mol. The molecule has 4 nitrogen and oxygen atoms in total. The number of nitrogens with zero attached hydrogens (tertiary/aromatic N) is 3. The maximum atomic E-state index is 3.91. The van der Waals surface area contributed by atoms with E-state index in [-0.39, 0.29) is 45.5 Å². The van der Waals surface area contributed by atoms with Gasteiger partial charge in [0.05, 0.1) is 12.5 Å². The Labute approximate surface area is 94.4 Å². The minimum Gasteiger partial charge on any atom is -0.342 e. The van der Waals surface area contributed by atoms with Crippen LogP contribution in [0.3, 0.4) is 0 Å². The Morgan fingerprint density at radius 2 is 2.20 bits per heavy atom. The molecule has 2 radical (unpaired) electrons. The average Bonchev–Trinajstić information content (AvgIpc) is 2.33. The van der Waals surface area contributed by atoms with Gasteiger partial charge in [-0.05, 0) is 0 Å². The number of H-pyrrole nitrogens is 1. The maximum absolute atomic E-state index is 3.91. The summed E-state index contributed by atoms with van der Waals surface area (Å²) in [5.41, 5.74) is 1.59. The topological polar surface area (TPSA) is 54.5 Å². The van der Waals surface area contributed by atoms with E-state index in [2.05, 4.69) is 19.9 Å². The summed E-state index contributed by atoms with van der Waals surface area (Å²) in [4.78, 5) is 14.5. The Kier molecular flexibility index (Phi) is 2.79. The van der Waals surface area contributed by atoms with Gasteiger partial charge < -0.3 is 4.98 Å². The van der Waals surface area contributed by atoms with E-state index in [1.54, 1.807) is 12.5 Å². The van der Waals surface area contributed by atoms with Crippen molar-refractivity contribution in [2.75, 3.05) is 0 Å². The standard InChI is InChI=1S/C5H4N4.Sr/c1-4-5(8-2-6-1)9-3-7-4;/h1-3H,(H,6,7,8,9);. The number of imidazole rings is 1. The number of hydrogen-bond donors (Lipinski definition) is 1. The molecule has 0 saturated carbocycles. The van der Waals surface area contributed by atoms with E-state index in [1.165, 1.54) is 6.33 Å². The van der Waals surface area contributed by atoms with Gasteiger partial charge in [0.25, 0.3) is 0 Å². The fourth-order valence-corrected chi connectivity index (χ4v) is 0.691. The SMILES string of the molecule is [Sr].c1ncc2[nH]cnc2n1. The number of aromatic amines is 1. The first-order chi connectivity index (χ1) is 4.47. The van der Waals surface area contributed by atoms with Crippen LogP contribution in [0.2, 0.25) is 0 Å². The predicted octanol–water partition coefficient (Wildman–Crippen LogP) is -0.0279. The van der Waals surface area contributed by atoms with Crippen LogP contribution in [0.25, 0.3) is 11.2 Å². The fourth-order valence-electron chi connectivity index (χ4n) is 0.691. The van der Waals surface area contributed by atoms with Crippen molar-refractivity contribution in [3.63, 3.8) is 0 Å². The minimum absolute atomic E-state index is 0. The minimum atomic E-state index is 0. The first kappa shape index (κ1) is 8.13. The second-order valence-electron chi connectivity index (χ2n) is 1.66. The van der Waals surface area contributed by atoms with E-state index >= 15 is 0 Å². The molecule has 2 heterocycles. The largest absolute Gasteiger partial charge is 0.342 e. The van der Waals surface area contributed by atoms with Gasteiger partial charge in [0, 0.05) is 45.5 Å². The summed E-state index contributed by atoms with van der Waals surface area (Å²) in [5, 5.41) is 0. The van der Waals surface area contributed by atoms with E-state index in [0.717, 1.165) is 5.52 Å². The Morgan fingerprint density at radius 1 is 1.30 bits per heavy atom. The molecular formula is C5H4N4Sr. The molecule has 0 fully saturated rings. The quantitative estimate of drug-likeness (QED) is 0.618. The van der Waals surface area contributed by atoms with Crippen molar-refractivity contribution in [1.82, 2.24) is 19.9 Å². The molecule has 46 valence electrons. The normalized spacial score (nSPS) is 9.20. The molecule has 10 heavy (non-hydrogen) atoms. The van der Waals surface area contributed by atoms with Crippen molar-refractivity contribution in [3.05, 3.63) is 18.9 Å². The van der Waals surface area contributed by atoms with Crippen molar-refractivity contribution < 1.29 is 0 Å². The molecule has 5 heteroatoms. The molecule has 0 aliphatic carbocycles. The number of aromatic nitrogens is 4. The van der Waals surface area contributed by atoms with Crippen molar-refractivity contribution in [2.24, 2.45) is 0 Å². The predicted molar refractivity (Wildman–Crippen MR) is 37.4 cm³/mol. The molecule has 0 bridgehead atoms. The summed E-state index contributed by atoms with van der Waals surface area (Å²) < 4.78 is 0. The monoisotopic (exact) mass is 208 g/mol. The summed E-state index contributed by atoms with van der Waals surface area (Å²) in [7, 11) is 0. The van der Waals surface area contributed by atoms with Gasteiger partial charge in [-0.3, -0.25) is 0 Å². The van der Waals surface area contributed by atoms with Crippen LogP contribution in [-0.2, 0) is 0 Å². The van der Waals surface area contributed by atoms with Crippen molar-refractivity contribution in [2.45, 2.75) is 0 Å². The molecule has 0 aliphatic rings. The van der Waals surface area contributed by atoms with Crippen LogP contribution >= 0.6 is 0 Å². The van der Waals surface area contributed by atoms with Gasteiger partial charge in [0.1, 0.15) is 11.8 Å². The van der Waals surface area contributed by atoms with Crippen LogP contribution in [0.15, 0.2) is 18.9 Å². The Morgan fingerprint density at radius 3 is 3.00 bits per heavy atom. The molecule has 0 unspecified atom stereocenters. The number of rotatable bonds is 0. The van der Waals surface area contributed by atoms with Crippen LogP contribution in [-0.4, -0.2) is 65.4 Å². The molecule has 0 aliphatic heterocycles. The summed E-state index contributed by atoms with van der Waals surface area (Å²) in [6, 6.07) is 0. The molecule has 0 aromatic carbocycles. The summed E-state index contributed by atoms with van der Waals surface area (Å²) in [6.45, 7) is 0. The second kappa shape index (κ2) is 3.43. The fraction of sp³-hybridized carbons (Fsp3) is 0. The van der Waals surface area contributed by atoms with Gasteiger partial charge in [-0.2, -0.15) is 0 Å². The third-order valence-corrected chi connectivity index (χ3v) is 1.10. The van der Waals surface area contributed by atoms with E-state index in [1.807, 2.05) is 0 Å². The van der Waals surface area contributed by atoms with Crippen LogP contribution in [0.5, 0.6) is 0 Å². The van der Waals surface area contributed by atoms with Crippen molar-refractivity contribution >= 4 is 56.6 Å². The van der Waals surface area contributed by atoms with Gasteiger partial charge in [-0.1, -0.05) is 0 Å². The summed E-state index contributed by atoms with van der Waals surface area (Å²) >= 11 is 0. The Hall–Kier alpha value is 0.0305. The first-order valence-electron chi connectivity index (χ1n) is 2.56. The smallest absolute Gasteiger partial charge is 0.180 e. The van der Waals surface area contributed by atoms with Crippen LogP contribution in [0.4, 0.5) is 0 Å². The van der Waals surface area contributed by atoms with Crippen molar-refractivity contribution in [3.8, 4) is 0 Å². The van der Waals surface area contributed by atoms with Gasteiger partial charge in [0.2, 0.25) is 0 Å². The molecule has 1 N–H and O–H groups in total. The maximum Gasteiger partial charge on any atom is 0.180 e. The molecule has 0 saturated heterocycles. The Bertz CT molecular complexity index is 288. The van der Waals surface area contributed by atoms with E-state index in [0.29, 0.717) is 5.65 Å². The Balaban J connectivity index is 0.000000500. The number of nitrogens with one attached hydrogen (secondary N) is 1. The molecule has 2 aromatic rings. The van der Waals surface area contributed by atoms with Crippen LogP contribution < -0.4 is 0 Å². The second-order valence-corrected chi connectivity index (χ2v) is 1.66. The van der Waals surface area contributed by atoms with Crippen molar-refractivity contribution in [1.29, 1.82) is 0 Å². The zero-order valence-corrected chi connectivity index (χ0v) is 8.76. The van der Waals surface area contributed by atoms with E-state index in [4.69, 9.17) is 0 Å². The molecule has 0 atom stereocenters. The third-order valence-electron chi connectivity index (χ3n) is 1.10. The van der Waals surface area contributed by atoms with Crippen LogP contribution in [0, 0.1) is 0 Å². The van der Waals surface area contributed by atoms with E-state index < -0.39 is 0 Å². The number of hydrogen-bond acceptors (Lipinski definition) is 3. The summed E-state index contributed by atoms with van der Waals surface area (Å²) in [6.07, 6.45) is 4.76. The molecule has 0 amide bonds.